The van der Waals surface area contributed by atoms with E-state index in [1.807, 2.05) is 36.4 Å². The van der Waals surface area contributed by atoms with Crippen molar-refractivity contribution in [2.75, 3.05) is 0 Å². The van der Waals surface area contributed by atoms with Crippen molar-refractivity contribution in [3.63, 3.8) is 0 Å². The van der Waals surface area contributed by atoms with Crippen LogP contribution in [0.5, 0.6) is 5.75 Å². The maximum Gasteiger partial charge on any atom is 0.131 e. The van der Waals surface area contributed by atoms with E-state index in [2.05, 4.69) is 24.3 Å². The minimum atomic E-state index is 0. The molecular weight excluding hydrogens is 248 g/mol. The first-order valence-corrected chi connectivity index (χ1v) is 5.45. The van der Waals surface area contributed by atoms with Gasteiger partial charge in [-0.1, -0.05) is 48.5 Å². The van der Waals surface area contributed by atoms with Gasteiger partial charge in [0.15, 0.2) is 0 Å². The number of hydrogen-bond acceptors (Lipinski definition) is 1. The number of allylic oxidation sites excluding steroid dienone is 1. The molecule has 18 heavy (non-hydrogen) atoms. The van der Waals surface area contributed by atoms with E-state index >= 15 is 0 Å². The maximum absolute atomic E-state index is 5.88. The molecule has 2 nitrogen and oxygen atoms in total. The van der Waals surface area contributed by atoms with Gasteiger partial charge in [0.1, 0.15) is 11.5 Å². The Hall–Kier alpha value is -1.77. The summed E-state index contributed by atoms with van der Waals surface area (Å²) in [5.74, 6) is 1.93. The molecule has 0 aliphatic carbocycles. The van der Waals surface area contributed by atoms with E-state index < -0.39 is 0 Å². The Balaban J connectivity index is 0.000000810. The minimum absolute atomic E-state index is 0. The smallest absolute Gasteiger partial charge is 0.131 e. The highest BCUT2D eigenvalue weighted by atomic mass is 35.5. The summed E-state index contributed by atoms with van der Waals surface area (Å²) in [6.45, 7) is 0. The minimum Gasteiger partial charge on any atom is -0.457 e. The van der Waals surface area contributed by atoms with Crippen LogP contribution in [-0.2, 0) is 6.42 Å². The molecule has 0 aromatic heterocycles. The monoisotopic (exact) mass is 262 g/mol. The molecular formula is C15H15ClO2. The maximum atomic E-state index is 5.88. The summed E-state index contributed by atoms with van der Waals surface area (Å²) in [5, 5.41) is 0. The summed E-state index contributed by atoms with van der Waals surface area (Å²) in [7, 11) is 0. The van der Waals surface area contributed by atoms with Gasteiger partial charge in [-0.3, -0.25) is 0 Å². The highest BCUT2D eigenvalue weighted by Gasteiger charge is 2.12. The number of ether oxygens (including phenoxy) is 1. The van der Waals surface area contributed by atoms with Crippen LogP contribution in [0.3, 0.4) is 0 Å². The lowest BCUT2D eigenvalue weighted by Crippen LogP contribution is -2.03. The highest BCUT2D eigenvalue weighted by molar-refractivity contribution is 5.85. The van der Waals surface area contributed by atoms with Gasteiger partial charge in [-0.05, 0) is 24.1 Å². The topological polar surface area (TPSA) is 40.7 Å². The van der Waals surface area contributed by atoms with Crippen LogP contribution in [-0.4, -0.2) is 5.48 Å². The molecule has 0 saturated carbocycles. The predicted octanol–water partition coefficient (Wildman–Crippen LogP) is 3.26. The molecule has 0 fully saturated rings. The molecule has 0 saturated heterocycles. The van der Waals surface area contributed by atoms with Crippen molar-refractivity contribution < 1.29 is 10.2 Å². The van der Waals surface area contributed by atoms with Gasteiger partial charge in [0.25, 0.3) is 0 Å². The van der Waals surface area contributed by atoms with Crippen LogP contribution in [0.1, 0.15) is 11.1 Å². The third-order valence-electron chi connectivity index (χ3n) is 2.76. The number of fused-ring (bicyclic) bond motifs is 1. The van der Waals surface area contributed by atoms with E-state index in [0.29, 0.717) is 0 Å². The molecule has 2 aromatic carbocycles. The van der Waals surface area contributed by atoms with E-state index in [-0.39, 0.29) is 17.9 Å². The van der Waals surface area contributed by atoms with Crippen LogP contribution < -0.4 is 4.74 Å². The largest absolute Gasteiger partial charge is 0.457 e. The van der Waals surface area contributed by atoms with Crippen molar-refractivity contribution in [3.8, 4) is 5.75 Å². The van der Waals surface area contributed by atoms with Crippen molar-refractivity contribution in [3.05, 3.63) is 71.8 Å². The lowest BCUT2D eigenvalue weighted by Gasteiger charge is -2.18. The Morgan fingerprint density at radius 3 is 2.28 bits per heavy atom. The Morgan fingerprint density at radius 2 is 1.50 bits per heavy atom. The van der Waals surface area contributed by atoms with E-state index in [0.717, 1.165) is 23.5 Å². The van der Waals surface area contributed by atoms with E-state index in [4.69, 9.17) is 4.74 Å². The quantitative estimate of drug-likeness (QED) is 0.778. The second kappa shape index (κ2) is 6.24. The molecule has 1 heterocycles. The average Bonchev–Trinajstić information content (AvgIpc) is 2.39. The molecule has 2 aromatic rings. The Kier molecular flexibility index (Phi) is 4.95. The van der Waals surface area contributed by atoms with Gasteiger partial charge in [-0.15, -0.1) is 12.4 Å². The van der Waals surface area contributed by atoms with Gasteiger partial charge in [-0.25, -0.2) is 0 Å². The number of para-hydroxylation sites is 1. The second-order valence-corrected chi connectivity index (χ2v) is 3.85. The van der Waals surface area contributed by atoms with Gasteiger partial charge < -0.3 is 10.2 Å². The Morgan fingerprint density at radius 1 is 0.833 bits per heavy atom. The first-order chi connectivity index (χ1) is 7.93. The Bertz CT molecular complexity index is 535. The Labute approximate surface area is 113 Å². The summed E-state index contributed by atoms with van der Waals surface area (Å²) in [6.07, 6.45) is 3.08. The van der Waals surface area contributed by atoms with E-state index in [9.17, 15) is 0 Å². The van der Waals surface area contributed by atoms with E-state index in [1.165, 1.54) is 5.56 Å². The van der Waals surface area contributed by atoms with Crippen molar-refractivity contribution in [2.24, 2.45) is 0 Å². The summed E-state index contributed by atoms with van der Waals surface area (Å²) in [5.41, 5.74) is 2.39. The molecule has 0 atom stereocenters. The molecule has 0 spiro atoms. The zero-order valence-corrected chi connectivity index (χ0v) is 10.6. The van der Waals surface area contributed by atoms with Gasteiger partial charge >= 0.3 is 0 Å². The van der Waals surface area contributed by atoms with Crippen LogP contribution in [0.15, 0.2) is 60.7 Å². The molecule has 0 bridgehead atoms. The molecule has 0 radical (unpaired) electrons. The van der Waals surface area contributed by atoms with Crippen molar-refractivity contribution in [2.45, 2.75) is 6.42 Å². The van der Waals surface area contributed by atoms with Crippen LogP contribution >= 0.6 is 12.4 Å². The lowest BCUT2D eigenvalue weighted by atomic mass is 10.1. The molecule has 1 aliphatic rings. The zero-order chi connectivity index (χ0) is 10.8. The van der Waals surface area contributed by atoms with E-state index in [1.54, 1.807) is 0 Å². The summed E-state index contributed by atoms with van der Waals surface area (Å²) >= 11 is 0. The summed E-state index contributed by atoms with van der Waals surface area (Å²) < 4.78 is 5.88. The molecule has 3 heteroatoms. The summed E-state index contributed by atoms with van der Waals surface area (Å²) in [4.78, 5) is 0. The van der Waals surface area contributed by atoms with Crippen molar-refractivity contribution in [1.82, 2.24) is 0 Å². The fraction of sp³-hybridized carbons (Fsp3) is 0.0667. The second-order valence-electron chi connectivity index (χ2n) is 3.85. The predicted molar refractivity (Wildman–Crippen MR) is 76.1 cm³/mol. The number of halogens is 1. The van der Waals surface area contributed by atoms with Crippen LogP contribution in [0, 0.1) is 0 Å². The first-order valence-electron chi connectivity index (χ1n) is 5.45. The third kappa shape index (κ3) is 2.73. The van der Waals surface area contributed by atoms with Gasteiger partial charge in [0, 0.05) is 5.56 Å². The fourth-order valence-electron chi connectivity index (χ4n) is 1.91. The van der Waals surface area contributed by atoms with Crippen LogP contribution in [0.2, 0.25) is 0 Å². The third-order valence-corrected chi connectivity index (χ3v) is 2.76. The number of rotatable bonds is 1. The van der Waals surface area contributed by atoms with Crippen molar-refractivity contribution >= 4 is 18.2 Å². The van der Waals surface area contributed by atoms with Gasteiger partial charge in [0.05, 0.1) is 0 Å². The molecule has 0 amide bonds. The van der Waals surface area contributed by atoms with Crippen LogP contribution in [0.25, 0.3) is 5.76 Å². The van der Waals surface area contributed by atoms with Crippen molar-refractivity contribution in [1.29, 1.82) is 0 Å². The number of hydrogen-bond donors (Lipinski definition) is 0. The fourth-order valence-corrected chi connectivity index (χ4v) is 1.91. The molecule has 1 aliphatic heterocycles. The molecule has 3 rings (SSSR count). The molecule has 2 N–H and O–H groups in total. The molecule has 0 unspecified atom stereocenters. The standard InChI is InChI=1S/C15H12O.ClH.H2O/c1-2-6-12(7-3-1)15-11-10-13-8-4-5-9-14(13)16-15;;/h1-9,11H,10H2;1H;1H2. The highest BCUT2D eigenvalue weighted by Crippen LogP contribution is 2.29. The summed E-state index contributed by atoms with van der Waals surface area (Å²) in [6, 6.07) is 18.4. The SMILES string of the molecule is C1=C(c2ccccc2)Oc2ccccc2C1.Cl.O. The zero-order valence-electron chi connectivity index (χ0n) is 9.80. The van der Waals surface area contributed by atoms with Gasteiger partial charge in [0.2, 0.25) is 0 Å². The average molecular weight is 263 g/mol. The van der Waals surface area contributed by atoms with Gasteiger partial charge in [-0.2, -0.15) is 0 Å². The normalized spacial score (nSPS) is 12.1. The lowest BCUT2D eigenvalue weighted by molar-refractivity contribution is 0.498. The first kappa shape index (κ1) is 14.3. The van der Waals surface area contributed by atoms with Crippen LogP contribution in [0.4, 0.5) is 0 Å². The number of benzene rings is 2. The molecule has 94 valence electrons.